The van der Waals surface area contributed by atoms with Crippen LogP contribution in [0.1, 0.15) is 105 Å². The molecule has 3 aliphatic rings. The maximum Gasteiger partial charge on any atom is 0.0637 e. The predicted molar refractivity (Wildman–Crippen MR) is 156 cm³/mol. The molecule has 0 amide bonds. The molecule has 3 aliphatic carbocycles. The minimum absolute atomic E-state index is 0.150. The third-order valence-electron chi connectivity index (χ3n) is 11.2. The lowest BCUT2D eigenvalue weighted by Gasteiger charge is -2.61. The van der Waals surface area contributed by atoms with E-state index in [0.717, 1.165) is 58.3 Å². The van der Waals surface area contributed by atoms with Gasteiger partial charge in [0.1, 0.15) is 0 Å². The number of hydrogen-bond acceptors (Lipinski definition) is 6. The van der Waals surface area contributed by atoms with Crippen LogP contribution in [0, 0.1) is 40.4 Å². The van der Waals surface area contributed by atoms with Gasteiger partial charge in [0.2, 0.25) is 0 Å². The predicted octanol–water partition coefficient (Wildman–Crippen LogP) is 5.54. The summed E-state index contributed by atoms with van der Waals surface area (Å²) in [5.74, 6) is 3.06. The molecule has 5 N–H and O–H groups in total. The van der Waals surface area contributed by atoms with Crippen molar-refractivity contribution in [1.29, 1.82) is 0 Å². The molecule has 0 radical (unpaired) electrons. The molecule has 3 fully saturated rings. The summed E-state index contributed by atoms with van der Waals surface area (Å²) in [4.78, 5) is 0. The van der Waals surface area contributed by atoms with Crippen LogP contribution < -0.4 is 11.5 Å². The van der Waals surface area contributed by atoms with Gasteiger partial charge in [0.25, 0.3) is 0 Å². The van der Waals surface area contributed by atoms with Crippen molar-refractivity contribution in [1.82, 2.24) is 0 Å². The smallest absolute Gasteiger partial charge is 0.0637 e. The maximum absolute atomic E-state index is 9.54. The van der Waals surface area contributed by atoms with Crippen molar-refractivity contribution in [2.75, 3.05) is 39.5 Å². The molecule has 224 valence electrons. The van der Waals surface area contributed by atoms with Crippen LogP contribution in [0.5, 0.6) is 0 Å². The standard InChI is InChI=1S/C32H62N2O4/c1-6-36-28-14-16-31(4,15-13-24(3)37-20-8-17-33)27-22-29(38-21-9-18-34)32(5)25(23(2)10-7-19-35)11-12-26(32)30(27)28/h23-30,35H,6-22,33-34H2,1-5H3/t23-,24+,25-,26+,27+,28?,29+,30?,31+,32?/m1/s1. The Bertz CT molecular complexity index is 680. The van der Waals surface area contributed by atoms with Gasteiger partial charge in [-0.2, -0.15) is 0 Å². The number of aliphatic hydroxyl groups excluding tert-OH is 1. The number of fused-ring (bicyclic) bond motifs is 3. The molecular formula is C32H62N2O4. The highest BCUT2D eigenvalue weighted by molar-refractivity contribution is 5.13. The zero-order valence-corrected chi connectivity index (χ0v) is 25.5. The summed E-state index contributed by atoms with van der Waals surface area (Å²) < 4.78 is 19.5. The second-order valence-electron chi connectivity index (χ2n) is 13.5. The molecule has 10 atom stereocenters. The number of nitrogens with two attached hydrogens (primary N) is 2. The van der Waals surface area contributed by atoms with Gasteiger partial charge in [0.15, 0.2) is 0 Å². The van der Waals surface area contributed by atoms with Gasteiger partial charge < -0.3 is 30.8 Å². The van der Waals surface area contributed by atoms with E-state index >= 15 is 0 Å². The largest absolute Gasteiger partial charge is 0.396 e. The second kappa shape index (κ2) is 15.1. The number of ether oxygens (including phenoxy) is 3. The third-order valence-corrected chi connectivity index (χ3v) is 11.2. The summed E-state index contributed by atoms with van der Waals surface area (Å²) in [5.41, 5.74) is 12.0. The molecule has 0 aliphatic heterocycles. The Balaban J connectivity index is 1.88. The lowest BCUT2D eigenvalue weighted by Crippen LogP contribution is -2.60. The molecule has 6 nitrogen and oxygen atoms in total. The molecule has 3 unspecified atom stereocenters. The summed E-state index contributed by atoms with van der Waals surface area (Å²) in [6, 6.07) is 0. The van der Waals surface area contributed by atoms with Crippen LogP contribution in [-0.2, 0) is 14.2 Å². The van der Waals surface area contributed by atoms with Crippen LogP contribution in [0.2, 0.25) is 0 Å². The first-order chi connectivity index (χ1) is 18.3. The van der Waals surface area contributed by atoms with E-state index in [1.807, 2.05) is 0 Å². The fourth-order valence-corrected chi connectivity index (χ4v) is 9.15. The highest BCUT2D eigenvalue weighted by atomic mass is 16.5. The Morgan fingerprint density at radius 1 is 0.921 bits per heavy atom. The molecule has 6 heteroatoms. The Morgan fingerprint density at radius 2 is 1.66 bits per heavy atom. The minimum atomic E-state index is 0.150. The van der Waals surface area contributed by atoms with Gasteiger partial charge in [-0.15, -0.1) is 0 Å². The molecular weight excluding hydrogens is 476 g/mol. The summed E-state index contributed by atoms with van der Waals surface area (Å²) >= 11 is 0. The van der Waals surface area contributed by atoms with Gasteiger partial charge >= 0.3 is 0 Å². The van der Waals surface area contributed by atoms with Gasteiger partial charge in [-0.05, 0) is 133 Å². The number of aliphatic hydroxyl groups is 1. The van der Waals surface area contributed by atoms with Gasteiger partial charge in [0.05, 0.1) is 18.3 Å². The van der Waals surface area contributed by atoms with Crippen molar-refractivity contribution in [2.45, 2.75) is 124 Å². The van der Waals surface area contributed by atoms with Crippen molar-refractivity contribution in [3.8, 4) is 0 Å². The van der Waals surface area contributed by atoms with Crippen molar-refractivity contribution in [3.63, 3.8) is 0 Å². The van der Waals surface area contributed by atoms with Crippen molar-refractivity contribution >= 4 is 0 Å². The summed E-state index contributed by atoms with van der Waals surface area (Å²) in [5, 5.41) is 9.54. The zero-order chi connectivity index (χ0) is 27.8. The van der Waals surface area contributed by atoms with Crippen molar-refractivity contribution in [2.24, 2.45) is 51.9 Å². The molecule has 0 aromatic heterocycles. The van der Waals surface area contributed by atoms with Crippen LogP contribution in [0.25, 0.3) is 0 Å². The highest BCUT2D eigenvalue weighted by Gasteiger charge is 2.64. The molecule has 3 saturated carbocycles. The molecule has 0 aromatic carbocycles. The number of rotatable bonds is 17. The van der Waals surface area contributed by atoms with E-state index in [0.29, 0.717) is 48.8 Å². The van der Waals surface area contributed by atoms with E-state index in [1.54, 1.807) is 0 Å². The van der Waals surface area contributed by atoms with E-state index in [1.165, 1.54) is 32.1 Å². The Kier molecular flexibility index (Phi) is 12.8. The van der Waals surface area contributed by atoms with E-state index in [-0.39, 0.29) is 29.6 Å². The molecule has 0 saturated heterocycles. The average Bonchev–Trinajstić information content (AvgIpc) is 3.26. The maximum atomic E-state index is 9.54. The molecule has 38 heavy (non-hydrogen) atoms. The second-order valence-corrected chi connectivity index (χ2v) is 13.5. The average molecular weight is 539 g/mol. The summed E-state index contributed by atoms with van der Waals surface area (Å²) in [6.07, 6.45) is 13.1. The van der Waals surface area contributed by atoms with Crippen molar-refractivity contribution in [3.05, 3.63) is 0 Å². The Morgan fingerprint density at radius 3 is 2.34 bits per heavy atom. The zero-order valence-electron chi connectivity index (χ0n) is 25.5. The minimum Gasteiger partial charge on any atom is -0.396 e. The van der Waals surface area contributed by atoms with Crippen LogP contribution in [0.3, 0.4) is 0 Å². The van der Waals surface area contributed by atoms with Gasteiger partial charge in [-0.1, -0.05) is 20.8 Å². The van der Waals surface area contributed by atoms with Crippen LogP contribution in [-0.4, -0.2) is 62.9 Å². The molecule has 0 heterocycles. The van der Waals surface area contributed by atoms with Gasteiger partial charge in [-0.25, -0.2) is 0 Å². The van der Waals surface area contributed by atoms with E-state index in [2.05, 4.69) is 34.6 Å². The van der Waals surface area contributed by atoms with Gasteiger partial charge in [-0.3, -0.25) is 0 Å². The highest BCUT2D eigenvalue weighted by Crippen LogP contribution is 2.67. The first kappa shape index (κ1) is 32.3. The van der Waals surface area contributed by atoms with E-state index in [4.69, 9.17) is 25.7 Å². The van der Waals surface area contributed by atoms with Crippen LogP contribution in [0.4, 0.5) is 0 Å². The van der Waals surface area contributed by atoms with Crippen LogP contribution in [0.15, 0.2) is 0 Å². The van der Waals surface area contributed by atoms with Gasteiger partial charge in [0, 0.05) is 31.8 Å². The Hall–Kier alpha value is -0.240. The molecule has 3 rings (SSSR count). The first-order valence-electron chi connectivity index (χ1n) is 16.1. The lowest BCUT2D eigenvalue weighted by atomic mass is 9.46. The quantitative estimate of drug-likeness (QED) is 0.210. The summed E-state index contributed by atoms with van der Waals surface area (Å²) in [7, 11) is 0. The SMILES string of the molecule is CCOC1CC[C@](C)(CC[C@H](C)OCCCN)[C@H]2C[C@H](OCCCN)C3(C)[C@@H]([C@H](C)CCCO)CC[C@H]3C12. The first-order valence-corrected chi connectivity index (χ1v) is 16.1. The lowest BCUT2D eigenvalue weighted by molar-refractivity contribution is -0.204. The summed E-state index contributed by atoms with van der Waals surface area (Å²) in [6.45, 7) is 15.9. The monoisotopic (exact) mass is 538 g/mol. The van der Waals surface area contributed by atoms with Crippen molar-refractivity contribution < 1.29 is 19.3 Å². The fourth-order valence-electron chi connectivity index (χ4n) is 9.15. The normalized spacial score (nSPS) is 38.5. The topological polar surface area (TPSA) is 100.0 Å². The fraction of sp³-hybridized carbons (Fsp3) is 1.00. The molecule has 0 aromatic rings. The Labute approximate surface area is 234 Å². The third kappa shape index (κ3) is 7.15. The molecule has 0 spiro atoms. The van der Waals surface area contributed by atoms with E-state index in [9.17, 15) is 5.11 Å². The van der Waals surface area contributed by atoms with Crippen LogP contribution >= 0.6 is 0 Å². The van der Waals surface area contributed by atoms with E-state index < -0.39 is 0 Å². The number of hydrogen-bond donors (Lipinski definition) is 3. The molecule has 0 bridgehead atoms.